The van der Waals surface area contributed by atoms with E-state index in [1.807, 2.05) is 18.3 Å². The summed E-state index contributed by atoms with van der Waals surface area (Å²) < 4.78 is 66.1. The van der Waals surface area contributed by atoms with E-state index in [0.29, 0.717) is 130 Å². The van der Waals surface area contributed by atoms with Crippen LogP contribution in [0.2, 0.25) is 33.2 Å². The number of hydrogen-bond donors (Lipinski definition) is 6. The van der Waals surface area contributed by atoms with E-state index < -0.39 is 16.6 Å². The number of hydrogen-bond acceptors (Lipinski definition) is 19. The van der Waals surface area contributed by atoms with Crippen LogP contribution in [0.15, 0.2) is 118 Å². The van der Waals surface area contributed by atoms with Crippen LogP contribution in [0.5, 0.6) is 17.2 Å². The fourth-order valence-corrected chi connectivity index (χ4v) is 27.5. The zero-order valence-electron chi connectivity index (χ0n) is 66.2. The second-order valence-corrected chi connectivity index (χ2v) is 41.8. The minimum atomic E-state index is -2.46. The molecule has 8 heterocycles. The number of aromatic nitrogens is 7. The minimum absolute atomic E-state index is 0.0134. The first-order chi connectivity index (χ1) is 53.4. The zero-order valence-corrected chi connectivity index (χ0v) is 68.2. The number of nitrogens with zero attached hydrogens (tertiary/aromatic N) is 9. The first-order valence-corrected chi connectivity index (χ1v) is 42.2. The summed E-state index contributed by atoms with van der Waals surface area (Å²) in [5.74, 6) is 5.54. The maximum atomic E-state index is 13.6. The van der Waals surface area contributed by atoms with Gasteiger partial charge in [0.25, 0.3) is 34.4 Å². The lowest BCUT2D eigenvalue weighted by Gasteiger charge is -2.42. The molecule has 586 valence electrons. The Morgan fingerprint density at radius 3 is 1.25 bits per heavy atom. The molecule has 112 heavy (non-hydrogen) atoms. The van der Waals surface area contributed by atoms with Gasteiger partial charge in [0.05, 0.1) is 36.0 Å². The van der Waals surface area contributed by atoms with Crippen LogP contribution in [-0.4, -0.2) is 119 Å². The number of amides is 4. The van der Waals surface area contributed by atoms with E-state index in [2.05, 4.69) is 136 Å². The molecule has 0 aliphatic carbocycles. The topological polar surface area (TPSA) is 304 Å². The molecule has 4 amide bonds. The number of carbonyl (C=O) groups is 4. The number of phenols is 1. The van der Waals surface area contributed by atoms with E-state index in [1.54, 1.807) is 86.8 Å². The third-order valence-corrected chi connectivity index (χ3v) is 34.1. The highest BCUT2D eigenvalue weighted by atomic mass is 28.4. The minimum Gasteiger partial charge on any atom is -0.541 e. The molecule has 0 fully saturated rings. The molecule has 0 unspecified atom stereocenters. The molecule has 0 saturated heterocycles. The number of fused-ring (bicyclic) bond motifs is 6. The third-order valence-electron chi connectivity index (χ3n) is 22.2. The van der Waals surface area contributed by atoms with E-state index in [1.165, 1.54) is 36.4 Å². The van der Waals surface area contributed by atoms with Crippen molar-refractivity contribution in [3.8, 4) is 17.2 Å². The van der Waals surface area contributed by atoms with Crippen LogP contribution in [0.1, 0.15) is 193 Å². The van der Waals surface area contributed by atoms with E-state index in [9.17, 15) is 37.5 Å². The molecule has 7 N–H and O–H groups in total. The monoisotopic (exact) mass is 1560 g/mol. The standard InChI is InChI=1S/C31H38FN5O3Si.C30H39FN4O3Si.C23H20FN5O3/c1-17(2)41(18(3)4,19(5)6)40-29-27-25(16-35-30(27)38)23(14-26-36-37-31(33-7)39-26)24-13-21(15-34-28(24)29)12-20-8-10-22(32)11-9-20;1-17(2)39(18(3)4,19(5)6)38-29-27-25(16-35(7)30(27)37)23(14-26(36)34-32)24-13-21(15-33-28(24)29)12-20-8-10-22(31)11-9-20;1-25-23-28-27-18(32-23)9-15-16-8-13(7-12-3-5-14(24)6-4-12)10-26-20(16)21(30)19-17(15)11-29(2)22(19)31/h8-11,13,15,17-19H,12,14,16H2,1-7H3,(H,33,37)(H,35,38);8-11,13,15,17-19H,12,14,16,32H2,1-7H3,(H,34,36);3-6,8,10,30H,7,9,11H2,1-2H3,(H,25,28). The second kappa shape index (κ2) is 33.1. The van der Waals surface area contributed by atoms with Gasteiger partial charge in [0.2, 0.25) is 17.7 Å². The molecular formula is C84H97F3N14O9Si2. The lowest BCUT2D eigenvalue weighted by atomic mass is 9.93. The van der Waals surface area contributed by atoms with Crippen molar-refractivity contribution in [2.24, 2.45) is 5.84 Å². The number of halogens is 3. The Hall–Kier alpha value is -11.1. The Kier molecular flexibility index (Phi) is 23.7. The van der Waals surface area contributed by atoms with Crippen LogP contribution in [-0.2, 0) is 63.0 Å². The number of benzene rings is 6. The second-order valence-electron chi connectivity index (χ2n) is 31.1. The lowest BCUT2D eigenvalue weighted by molar-refractivity contribution is -0.120. The highest BCUT2D eigenvalue weighted by Crippen LogP contribution is 2.51. The number of anilines is 2. The SMILES string of the molecule is CC(C)[Si](Oc1c2c(c(CC(=O)NN)c3cc(Cc4ccc(F)cc4)cnc13)CN(C)C2=O)(C(C)C)C(C)C.CNc1nnc(Cc2c3c(c(O)c4ncc(Cc5ccc(F)cc5)cc24)C(=O)N(C)C3)o1.CNc1nnc(Cc2c3c(c(O[Si](C(C)C)(C(C)C)C(C)C)c4ncc(Cc5ccc(F)cc5)cc24)C(=O)NC3)o1. The summed E-state index contributed by atoms with van der Waals surface area (Å²) in [7, 11) is 1.96. The largest absolute Gasteiger partial charge is 0.541 e. The first-order valence-electron chi connectivity index (χ1n) is 37.9. The normalized spacial score (nSPS) is 13.4. The molecule has 0 bridgehead atoms. The zero-order chi connectivity index (χ0) is 80.5. The fourth-order valence-electron chi connectivity index (χ4n) is 17.0. The van der Waals surface area contributed by atoms with Gasteiger partial charge in [-0.2, -0.15) is 0 Å². The smallest absolute Gasteiger partial charge is 0.315 e. The molecule has 11 aromatic rings. The quantitative estimate of drug-likeness (QED) is 0.0142. The van der Waals surface area contributed by atoms with E-state index in [-0.39, 0.29) is 81.9 Å². The third kappa shape index (κ3) is 15.8. The molecule has 28 heteroatoms. The van der Waals surface area contributed by atoms with Crippen molar-refractivity contribution >= 4 is 85.0 Å². The summed E-state index contributed by atoms with van der Waals surface area (Å²) >= 11 is 0. The van der Waals surface area contributed by atoms with E-state index in [0.717, 1.165) is 77.5 Å². The molecule has 0 spiro atoms. The summed E-state index contributed by atoms with van der Waals surface area (Å²) in [6.45, 7) is 27.7. The number of carbonyl (C=O) groups excluding carboxylic acids is 4. The van der Waals surface area contributed by atoms with Gasteiger partial charge in [0, 0.05) is 82.6 Å². The van der Waals surface area contributed by atoms with E-state index in [4.69, 9.17) is 33.5 Å². The molecule has 6 aromatic carbocycles. The summed E-state index contributed by atoms with van der Waals surface area (Å²) in [5, 5.41) is 38.3. The Morgan fingerprint density at radius 2 is 0.866 bits per heavy atom. The van der Waals surface area contributed by atoms with Gasteiger partial charge in [-0.15, -0.1) is 10.2 Å². The van der Waals surface area contributed by atoms with Crippen molar-refractivity contribution in [3.05, 3.63) is 222 Å². The van der Waals surface area contributed by atoms with Crippen LogP contribution >= 0.6 is 0 Å². The molecule has 0 radical (unpaired) electrons. The molecule has 3 aliphatic heterocycles. The highest BCUT2D eigenvalue weighted by molar-refractivity contribution is 6.79. The molecule has 3 aliphatic rings. The van der Waals surface area contributed by atoms with Crippen molar-refractivity contribution < 1.29 is 55.1 Å². The Labute approximate surface area is 651 Å². The summed E-state index contributed by atoms with van der Waals surface area (Å²) in [6.07, 6.45) is 7.59. The number of aromatic hydroxyl groups is 1. The van der Waals surface area contributed by atoms with Crippen LogP contribution in [0.25, 0.3) is 32.7 Å². The van der Waals surface area contributed by atoms with Crippen LogP contribution in [0.3, 0.4) is 0 Å². The van der Waals surface area contributed by atoms with Crippen molar-refractivity contribution in [2.45, 2.75) is 174 Å². The number of nitrogens with two attached hydrogens (primary N) is 1. The number of hydrazine groups is 1. The number of pyridine rings is 3. The van der Waals surface area contributed by atoms with Gasteiger partial charge in [-0.1, -0.05) is 130 Å². The van der Waals surface area contributed by atoms with Crippen molar-refractivity contribution in [2.75, 3.05) is 38.8 Å². The van der Waals surface area contributed by atoms with Crippen LogP contribution in [0, 0.1) is 17.5 Å². The van der Waals surface area contributed by atoms with Gasteiger partial charge in [0.15, 0.2) is 5.75 Å². The predicted molar refractivity (Wildman–Crippen MR) is 430 cm³/mol. The van der Waals surface area contributed by atoms with Crippen LogP contribution < -0.4 is 36.1 Å². The molecule has 5 aromatic heterocycles. The van der Waals surface area contributed by atoms with Gasteiger partial charge in [0.1, 0.15) is 45.5 Å². The Bertz CT molecular complexity index is 5340. The number of nitrogens with one attached hydrogen (secondary N) is 4. The van der Waals surface area contributed by atoms with Gasteiger partial charge in [-0.25, -0.2) is 19.0 Å². The highest BCUT2D eigenvalue weighted by Gasteiger charge is 2.51. The number of rotatable bonds is 24. The average Bonchev–Trinajstić information content (AvgIpc) is 1.49. The van der Waals surface area contributed by atoms with Crippen molar-refractivity contribution in [3.63, 3.8) is 0 Å². The summed E-state index contributed by atoms with van der Waals surface area (Å²) in [5.41, 5.74) is 17.4. The predicted octanol–water partition coefficient (Wildman–Crippen LogP) is 15.7. The lowest BCUT2D eigenvalue weighted by Crippen LogP contribution is -2.51. The number of phenolic OH excluding ortho intramolecular Hbond substituents is 1. The van der Waals surface area contributed by atoms with Crippen molar-refractivity contribution in [1.82, 2.24) is 55.9 Å². The molecule has 14 rings (SSSR count). The Morgan fingerprint density at radius 1 is 0.509 bits per heavy atom. The van der Waals surface area contributed by atoms with Gasteiger partial charge < -0.3 is 48.5 Å². The van der Waals surface area contributed by atoms with Gasteiger partial charge in [-0.3, -0.25) is 39.6 Å². The van der Waals surface area contributed by atoms with Crippen molar-refractivity contribution in [1.29, 1.82) is 0 Å². The van der Waals surface area contributed by atoms with Gasteiger partial charge in [-0.05, 0) is 174 Å². The summed E-state index contributed by atoms with van der Waals surface area (Å²) in [6, 6.07) is 25.9. The molecule has 23 nitrogen and oxygen atoms in total. The van der Waals surface area contributed by atoms with Gasteiger partial charge >= 0.3 is 12.0 Å². The summed E-state index contributed by atoms with van der Waals surface area (Å²) in [4.78, 5) is 69.8. The molecule has 0 saturated carbocycles. The van der Waals surface area contributed by atoms with Crippen LogP contribution in [0.4, 0.5) is 25.2 Å². The Balaban J connectivity index is 0.000000157. The van der Waals surface area contributed by atoms with E-state index >= 15 is 0 Å². The first kappa shape index (κ1) is 80.4. The molecule has 0 atom stereocenters. The maximum absolute atomic E-state index is 13.6. The fraction of sp³-hybridized carbons (Fsp3) is 0.369. The molecular weight excluding hydrogens is 1460 g/mol. The maximum Gasteiger partial charge on any atom is 0.315 e. The average molecular weight is 1560 g/mol.